The van der Waals surface area contributed by atoms with Crippen molar-refractivity contribution in [3.8, 4) is 5.75 Å². The standard InChI is InChI=1S/C28H31F3N8O9S2/c1-27(2)22(24(41)39(27)48-50(43,44)47-25(42)28(29,30)31)37-23(40)21(19-14-49-26(32)36-19)38-46-12-11-45-17-4-5-18-15(13-17)3-6-20(35-18)34-16-7-9-33-10-8-16/h3-6,13-14,16,22,33H,7-12H2,1-2H3,(H2,32,36)(H,34,35)(H,37,40)/b38-21-/t22-/m1/s1. The Morgan fingerprint density at radius 1 is 1.16 bits per heavy atom. The molecule has 1 atom stereocenters. The molecule has 0 unspecified atom stereocenters. The van der Waals surface area contributed by atoms with E-state index in [1.807, 2.05) is 24.3 Å². The van der Waals surface area contributed by atoms with Crippen LogP contribution in [0.4, 0.5) is 24.1 Å². The fourth-order valence-corrected chi connectivity index (χ4v) is 6.23. The van der Waals surface area contributed by atoms with E-state index >= 15 is 0 Å². The number of ether oxygens (including phenoxy) is 1. The largest absolute Gasteiger partial charge is 0.492 e. The summed E-state index contributed by atoms with van der Waals surface area (Å²) in [4.78, 5) is 50.8. The first-order chi connectivity index (χ1) is 23.5. The van der Waals surface area contributed by atoms with Crippen LogP contribution < -0.4 is 26.4 Å². The number of hydrogen-bond donors (Lipinski definition) is 4. The molecule has 5 rings (SSSR count). The Morgan fingerprint density at radius 3 is 2.56 bits per heavy atom. The number of carbonyl (C=O) groups excluding carboxylic acids is 3. The molecule has 2 aromatic heterocycles. The second kappa shape index (κ2) is 14.6. The number of pyridine rings is 1. The Bertz CT molecular complexity index is 1900. The summed E-state index contributed by atoms with van der Waals surface area (Å²) in [5, 5.41) is 15.4. The number of nitrogens with two attached hydrogens (primary N) is 1. The lowest BCUT2D eigenvalue weighted by atomic mass is 9.84. The lowest BCUT2D eigenvalue weighted by Gasteiger charge is -2.50. The number of halogens is 3. The van der Waals surface area contributed by atoms with Gasteiger partial charge >= 0.3 is 22.5 Å². The van der Waals surface area contributed by atoms with Crippen molar-refractivity contribution in [3.05, 3.63) is 41.4 Å². The number of anilines is 2. The van der Waals surface area contributed by atoms with Crippen LogP contribution in [0.1, 0.15) is 32.4 Å². The average molecular weight is 745 g/mol. The number of rotatable bonds is 13. The van der Waals surface area contributed by atoms with Gasteiger partial charge in [0.25, 0.3) is 11.8 Å². The summed E-state index contributed by atoms with van der Waals surface area (Å²) in [6.45, 7) is 4.25. The van der Waals surface area contributed by atoms with Gasteiger partial charge in [-0.1, -0.05) is 5.16 Å². The van der Waals surface area contributed by atoms with Crippen LogP contribution in [0.2, 0.25) is 0 Å². The van der Waals surface area contributed by atoms with E-state index in [9.17, 15) is 36.0 Å². The zero-order valence-electron chi connectivity index (χ0n) is 26.4. The number of β-lactam (4-membered cyclic amide) rings is 1. The van der Waals surface area contributed by atoms with Crippen LogP contribution in [-0.2, 0) is 38.1 Å². The molecule has 270 valence electrons. The minimum Gasteiger partial charge on any atom is -0.490 e. The molecule has 17 nitrogen and oxygen atoms in total. The number of benzene rings is 1. The molecule has 1 aromatic carbocycles. The minimum atomic E-state index is -5.65. The van der Waals surface area contributed by atoms with Crippen molar-refractivity contribution in [1.29, 1.82) is 0 Å². The van der Waals surface area contributed by atoms with E-state index in [4.69, 9.17) is 15.3 Å². The number of alkyl halides is 3. The summed E-state index contributed by atoms with van der Waals surface area (Å²) in [5.41, 5.74) is 4.40. The summed E-state index contributed by atoms with van der Waals surface area (Å²) in [5.74, 6) is -3.94. The number of nitrogen functional groups attached to an aromatic ring is 1. The van der Waals surface area contributed by atoms with Gasteiger partial charge in [0.05, 0.1) is 11.1 Å². The molecule has 2 aliphatic rings. The van der Waals surface area contributed by atoms with E-state index < -0.39 is 51.7 Å². The summed E-state index contributed by atoms with van der Waals surface area (Å²) in [7, 11) is -5.65. The second-order valence-corrected chi connectivity index (χ2v) is 13.5. The van der Waals surface area contributed by atoms with Gasteiger partial charge in [-0.05, 0) is 70.1 Å². The summed E-state index contributed by atoms with van der Waals surface area (Å²) >= 11 is 0.984. The van der Waals surface area contributed by atoms with Crippen LogP contribution in [0, 0.1) is 0 Å². The Hall–Kier alpha value is -4.80. The molecule has 0 bridgehead atoms. The van der Waals surface area contributed by atoms with Crippen LogP contribution >= 0.6 is 11.3 Å². The predicted octanol–water partition coefficient (Wildman–Crippen LogP) is 1.62. The Morgan fingerprint density at radius 2 is 1.90 bits per heavy atom. The van der Waals surface area contributed by atoms with Crippen molar-refractivity contribution < 1.29 is 54.0 Å². The van der Waals surface area contributed by atoms with Crippen molar-refractivity contribution in [1.82, 2.24) is 25.7 Å². The van der Waals surface area contributed by atoms with Crippen molar-refractivity contribution in [2.75, 3.05) is 37.4 Å². The molecule has 2 saturated heterocycles. The highest BCUT2D eigenvalue weighted by molar-refractivity contribution is 7.82. The van der Waals surface area contributed by atoms with Crippen LogP contribution in [-0.4, -0.2) is 97.0 Å². The quantitative estimate of drug-likeness (QED) is 0.0845. The normalized spacial score (nSPS) is 18.3. The Labute approximate surface area is 286 Å². The number of thiazole rings is 1. The van der Waals surface area contributed by atoms with Gasteiger partial charge in [-0.3, -0.25) is 9.59 Å². The third-order valence-electron chi connectivity index (χ3n) is 7.46. The maximum absolute atomic E-state index is 13.2. The van der Waals surface area contributed by atoms with E-state index in [-0.39, 0.29) is 29.1 Å². The first-order valence-electron chi connectivity index (χ1n) is 14.9. The van der Waals surface area contributed by atoms with E-state index in [0.717, 1.165) is 54.0 Å². The summed E-state index contributed by atoms with van der Waals surface area (Å²) in [6.07, 6.45) is -3.61. The number of hydrogen-bond acceptors (Lipinski definition) is 16. The predicted molar refractivity (Wildman–Crippen MR) is 171 cm³/mol. The molecule has 0 radical (unpaired) electrons. The van der Waals surface area contributed by atoms with Crippen LogP contribution in [0.5, 0.6) is 5.75 Å². The molecule has 2 fully saturated rings. The lowest BCUT2D eigenvalue weighted by Crippen LogP contribution is -2.77. The number of hydroxylamine groups is 2. The monoisotopic (exact) mass is 744 g/mol. The van der Waals surface area contributed by atoms with E-state index in [1.165, 1.54) is 19.2 Å². The zero-order valence-corrected chi connectivity index (χ0v) is 28.0. The van der Waals surface area contributed by atoms with Gasteiger partial charge in [0.15, 0.2) is 17.5 Å². The number of nitrogens with zero attached hydrogens (tertiary/aromatic N) is 4. The number of fused-ring (bicyclic) bond motifs is 1. The highest BCUT2D eigenvalue weighted by atomic mass is 32.3. The molecular formula is C28H31F3N8O9S2. The van der Waals surface area contributed by atoms with Crippen molar-refractivity contribution in [2.24, 2.45) is 5.16 Å². The lowest BCUT2D eigenvalue weighted by molar-refractivity contribution is -0.221. The highest BCUT2D eigenvalue weighted by Gasteiger charge is 2.59. The van der Waals surface area contributed by atoms with Gasteiger partial charge in [-0.15, -0.1) is 15.6 Å². The first kappa shape index (κ1) is 36.5. The first-order valence-corrected chi connectivity index (χ1v) is 17.1. The molecule has 50 heavy (non-hydrogen) atoms. The SMILES string of the molecule is CC1(C)[C@H](NC(=O)/C(=N\OCCOc2ccc3nc(NC4CCNCC4)ccc3c2)c2csc(N)n2)C(=O)N1OS(=O)(=O)OC(=O)C(F)(F)F. The Balaban J connectivity index is 1.17. The smallest absolute Gasteiger partial charge is 0.490 e. The summed E-state index contributed by atoms with van der Waals surface area (Å²) < 4.78 is 74.3. The molecule has 3 aromatic rings. The Kier molecular flexibility index (Phi) is 10.6. The van der Waals surface area contributed by atoms with Gasteiger partial charge in [-0.25, -0.2) is 14.8 Å². The van der Waals surface area contributed by atoms with Crippen molar-refractivity contribution >= 4 is 67.1 Å². The van der Waals surface area contributed by atoms with Gasteiger partial charge in [0, 0.05) is 16.8 Å². The number of aromatic nitrogens is 2. The number of oxime groups is 1. The van der Waals surface area contributed by atoms with Crippen molar-refractivity contribution in [2.45, 2.75) is 50.5 Å². The van der Waals surface area contributed by atoms with E-state index in [2.05, 4.69) is 39.5 Å². The molecule has 0 spiro atoms. The molecule has 2 aliphatic heterocycles. The highest BCUT2D eigenvalue weighted by Crippen LogP contribution is 2.34. The third-order valence-corrected chi connectivity index (χ3v) is 8.82. The number of amides is 2. The number of piperidine rings is 1. The minimum absolute atomic E-state index is 0.0127. The molecule has 0 aliphatic carbocycles. The van der Waals surface area contributed by atoms with Gasteiger partial charge in [0.1, 0.15) is 29.9 Å². The molecule has 2 amide bonds. The molecule has 22 heteroatoms. The summed E-state index contributed by atoms with van der Waals surface area (Å²) in [6, 6.07) is 8.13. The van der Waals surface area contributed by atoms with Crippen LogP contribution in [0.25, 0.3) is 10.9 Å². The molecule has 0 saturated carbocycles. The fraction of sp³-hybridized carbons (Fsp3) is 0.429. The van der Waals surface area contributed by atoms with Crippen LogP contribution in [0.15, 0.2) is 40.9 Å². The molecule has 5 N–H and O–H groups in total. The van der Waals surface area contributed by atoms with Crippen LogP contribution in [0.3, 0.4) is 0 Å². The maximum atomic E-state index is 13.2. The molecule has 4 heterocycles. The van der Waals surface area contributed by atoms with Crippen molar-refractivity contribution in [3.63, 3.8) is 0 Å². The van der Waals surface area contributed by atoms with E-state index in [1.54, 1.807) is 6.07 Å². The average Bonchev–Trinajstić information content (AvgIpc) is 3.49. The number of carbonyl (C=O) groups is 3. The number of nitrogens with one attached hydrogen (secondary N) is 3. The van der Waals surface area contributed by atoms with Gasteiger partial charge in [0.2, 0.25) is 0 Å². The topological polar surface area (TPSA) is 226 Å². The van der Waals surface area contributed by atoms with E-state index in [0.29, 0.717) is 11.8 Å². The third kappa shape index (κ3) is 8.67. The maximum Gasteiger partial charge on any atom is 0.492 e. The van der Waals surface area contributed by atoms with Gasteiger partial charge in [-0.2, -0.15) is 26.7 Å². The molecular weight excluding hydrogens is 713 g/mol. The fourth-order valence-electron chi connectivity index (χ4n) is 4.93. The zero-order chi connectivity index (χ0) is 36.3. The van der Waals surface area contributed by atoms with Gasteiger partial charge < -0.3 is 35.4 Å². The second-order valence-electron chi connectivity index (χ2n) is 11.5.